The topological polar surface area (TPSA) is 55.6 Å². The minimum absolute atomic E-state index is 0.401. The van der Waals surface area contributed by atoms with Gasteiger partial charge in [0.05, 0.1) is 18.1 Å². The van der Waals surface area contributed by atoms with Crippen LogP contribution in [0.25, 0.3) is 0 Å². The number of halogens is 1. The van der Waals surface area contributed by atoms with E-state index in [1.54, 1.807) is 6.20 Å². The molecule has 0 radical (unpaired) electrons. The molecule has 0 aliphatic heterocycles. The Labute approximate surface area is 111 Å². The molecule has 2 aromatic rings. The highest BCUT2D eigenvalue weighted by atomic mass is 35.5. The highest BCUT2D eigenvalue weighted by Gasteiger charge is 2.00. The van der Waals surface area contributed by atoms with Crippen molar-refractivity contribution in [3.8, 4) is 0 Å². The largest absolute Gasteiger partial charge is 0.369 e. The Morgan fingerprint density at radius 3 is 2.83 bits per heavy atom. The van der Waals surface area contributed by atoms with Crippen LogP contribution >= 0.6 is 11.6 Å². The third kappa shape index (κ3) is 3.43. The summed E-state index contributed by atoms with van der Waals surface area (Å²) >= 11 is 5.75. The molecule has 0 saturated heterocycles. The van der Waals surface area contributed by atoms with Crippen LogP contribution in [0.4, 0.5) is 5.82 Å². The van der Waals surface area contributed by atoms with E-state index in [0.717, 1.165) is 25.2 Å². The molecule has 0 aliphatic carbocycles. The van der Waals surface area contributed by atoms with Gasteiger partial charge in [-0.3, -0.25) is 9.67 Å². The van der Waals surface area contributed by atoms with Crippen molar-refractivity contribution in [2.75, 3.05) is 11.9 Å². The van der Waals surface area contributed by atoms with Gasteiger partial charge in [0.1, 0.15) is 11.0 Å². The number of nitrogens with zero attached hydrogens (tertiary/aromatic N) is 4. The summed E-state index contributed by atoms with van der Waals surface area (Å²) < 4.78 is 2.01. The van der Waals surface area contributed by atoms with E-state index in [2.05, 4.69) is 33.4 Å². The molecule has 0 unspecified atom stereocenters. The summed E-state index contributed by atoms with van der Waals surface area (Å²) in [5.41, 5.74) is 2.25. The molecule has 0 amide bonds. The van der Waals surface area contributed by atoms with E-state index in [1.807, 2.05) is 11.6 Å². The number of hydrogen-bond donors (Lipinski definition) is 1. The summed E-state index contributed by atoms with van der Waals surface area (Å²) in [5.74, 6) is 0.705. The molecule has 0 saturated carbocycles. The second-order valence-corrected chi connectivity index (χ2v) is 4.54. The Kier molecular flexibility index (Phi) is 4.15. The molecular formula is C12H16ClN5. The Morgan fingerprint density at radius 1 is 1.33 bits per heavy atom. The van der Waals surface area contributed by atoms with Crippen LogP contribution in [0.5, 0.6) is 0 Å². The van der Waals surface area contributed by atoms with Gasteiger partial charge < -0.3 is 5.32 Å². The van der Waals surface area contributed by atoms with Gasteiger partial charge in [0.15, 0.2) is 0 Å². The maximum Gasteiger partial charge on any atom is 0.149 e. The third-order valence-electron chi connectivity index (χ3n) is 2.56. The van der Waals surface area contributed by atoms with Crippen LogP contribution in [0.3, 0.4) is 0 Å². The summed E-state index contributed by atoms with van der Waals surface area (Å²) in [5, 5.41) is 7.99. The van der Waals surface area contributed by atoms with Crippen molar-refractivity contribution in [1.29, 1.82) is 0 Å². The van der Waals surface area contributed by atoms with Crippen LogP contribution in [0.2, 0.25) is 5.15 Å². The molecule has 96 valence electrons. The van der Waals surface area contributed by atoms with E-state index >= 15 is 0 Å². The van der Waals surface area contributed by atoms with Crippen molar-refractivity contribution in [2.45, 2.75) is 26.8 Å². The van der Waals surface area contributed by atoms with Crippen LogP contribution in [-0.2, 0) is 6.54 Å². The number of rotatable bonds is 5. The lowest BCUT2D eigenvalue weighted by atomic mass is 10.4. The van der Waals surface area contributed by atoms with Crippen LogP contribution in [-0.4, -0.2) is 26.3 Å². The fourth-order valence-corrected chi connectivity index (χ4v) is 1.92. The quantitative estimate of drug-likeness (QED) is 0.844. The van der Waals surface area contributed by atoms with Gasteiger partial charge in [-0.25, -0.2) is 4.98 Å². The van der Waals surface area contributed by atoms with Gasteiger partial charge in [0.25, 0.3) is 0 Å². The van der Waals surface area contributed by atoms with Crippen LogP contribution in [0, 0.1) is 13.8 Å². The molecule has 0 aliphatic rings. The van der Waals surface area contributed by atoms with Gasteiger partial charge in [0.2, 0.25) is 0 Å². The molecule has 0 fully saturated rings. The first-order chi connectivity index (χ1) is 8.65. The van der Waals surface area contributed by atoms with Gasteiger partial charge in [0, 0.05) is 18.8 Å². The average molecular weight is 266 g/mol. The van der Waals surface area contributed by atoms with Crippen LogP contribution in [0.1, 0.15) is 17.8 Å². The van der Waals surface area contributed by atoms with Crippen LogP contribution in [0.15, 0.2) is 18.5 Å². The third-order valence-corrected chi connectivity index (χ3v) is 2.74. The Hall–Kier alpha value is -1.62. The molecule has 2 aromatic heterocycles. The lowest BCUT2D eigenvalue weighted by Gasteiger charge is -2.06. The van der Waals surface area contributed by atoms with E-state index in [1.165, 1.54) is 11.9 Å². The predicted octanol–water partition coefficient (Wildman–Crippen LogP) is 2.45. The maximum absolute atomic E-state index is 5.75. The maximum atomic E-state index is 5.75. The first-order valence-electron chi connectivity index (χ1n) is 5.87. The first-order valence-corrected chi connectivity index (χ1v) is 6.25. The fourth-order valence-electron chi connectivity index (χ4n) is 1.77. The zero-order valence-corrected chi connectivity index (χ0v) is 11.3. The van der Waals surface area contributed by atoms with Crippen molar-refractivity contribution in [1.82, 2.24) is 19.7 Å². The van der Waals surface area contributed by atoms with E-state index in [0.29, 0.717) is 11.0 Å². The van der Waals surface area contributed by atoms with Crippen molar-refractivity contribution in [2.24, 2.45) is 0 Å². The Balaban J connectivity index is 1.78. The minimum Gasteiger partial charge on any atom is -0.369 e. The summed E-state index contributed by atoms with van der Waals surface area (Å²) in [6.45, 7) is 5.77. The highest BCUT2D eigenvalue weighted by molar-refractivity contribution is 6.29. The van der Waals surface area contributed by atoms with Gasteiger partial charge in [-0.15, -0.1) is 0 Å². The smallest absolute Gasteiger partial charge is 0.149 e. The normalized spacial score (nSPS) is 10.6. The number of hydrogen-bond acceptors (Lipinski definition) is 4. The Bertz CT molecular complexity index is 523. The number of aryl methyl sites for hydroxylation is 3. The number of anilines is 1. The molecule has 0 atom stereocenters. The SMILES string of the molecule is Cc1cc(C)n(CCCNc2cncc(Cl)n2)n1. The van der Waals surface area contributed by atoms with Gasteiger partial charge in [-0.05, 0) is 26.3 Å². The summed E-state index contributed by atoms with van der Waals surface area (Å²) in [7, 11) is 0. The zero-order valence-electron chi connectivity index (χ0n) is 10.5. The van der Waals surface area contributed by atoms with Crippen molar-refractivity contribution < 1.29 is 0 Å². The standard InChI is InChI=1S/C12H16ClN5/c1-9-6-10(2)18(17-9)5-3-4-15-12-8-14-7-11(13)16-12/h6-8H,3-5H2,1-2H3,(H,15,16). The summed E-state index contributed by atoms with van der Waals surface area (Å²) in [4.78, 5) is 8.07. The molecule has 1 N–H and O–H groups in total. The molecule has 2 heterocycles. The molecule has 0 spiro atoms. The van der Waals surface area contributed by atoms with Gasteiger partial charge in [-0.1, -0.05) is 11.6 Å². The first kappa shape index (κ1) is 12.8. The second-order valence-electron chi connectivity index (χ2n) is 4.16. The summed E-state index contributed by atoms with van der Waals surface area (Å²) in [6.07, 6.45) is 4.15. The molecular weight excluding hydrogens is 250 g/mol. The minimum atomic E-state index is 0.401. The second kappa shape index (κ2) is 5.82. The van der Waals surface area contributed by atoms with E-state index in [9.17, 15) is 0 Å². The number of nitrogens with one attached hydrogen (secondary N) is 1. The van der Waals surface area contributed by atoms with E-state index in [4.69, 9.17) is 11.6 Å². The van der Waals surface area contributed by atoms with Crippen molar-refractivity contribution in [3.63, 3.8) is 0 Å². The summed E-state index contributed by atoms with van der Waals surface area (Å²) in [6, 6.07) is 2.08. The average Bonchev–Trinajstić information content (AvgIpc) is 2.64. The van der Waals surface area contributed by atoms with Crippen LogP contribution < -0.4 is 5.32 Å². The predicted molar refractivity (Wildman–Crippen MR) is 71.8 cm³/mol. The molecule has 0 aromatic carbocycles. The number of aromatic nitrogens is 4. The van der Waals surface area contributed by atoms with E-state index < -0.39 is 0 Å². The van der Waals surface area contributed by atoms with Gasteiger partial charge >= 0.3 is 0 Å². The van der Waals surface area contributed by atoms with E-state index in [-0.39, 0.29) is 0 Å². The van der Waals surface area contributed by atoms with Crippen molar-refractivity contribution >= 4 is 17.4 Å². The molecule has 2 rings (SSSR count). The monoisotopic (exact) mass is 265 g/mol. The molecule has 0 bridgehead atoms. The molecule has 18 heavy (non-hydrogen) atoms. The van der Waals surface area contributed by atoms with Gasteiger partial charge in [-0.2, -0.15) is 5.10 Å². The zero-order chi connectivity index (χ0) is 13.0. The Morgan fingerprint density at radius 2 is 2.17 bits per heavy atom. The lowest BCUT2D eigenvalue weighted by Crippen LogP contribution is -2.09. The molecule has 6 heteroatoms. The molecule has 5 nitrogen and oxygen atoms in total. The highest BCUT2D eigenvalue weighted by Crippen LogP contribution is 2.07. The van der Waals surface area contributed by atoms with Crippen molar-refractivity contribution in [3.05, 3.63) is 35.0 Å². The fraction of sp³-hybridized carbons (Fsp3) is 0.417. The lowest BCUT2D eigenvalue weighted by molar-refractivity contribution is 0.573.